The third-order valence-corrected chi connectivity index (χ3v) is 3.40. The fourth-order valence-electron chi connectivity index (χ4n) is 1.68. The lowest BCUT2D eigenvalue weighted by molar-refractivity contribution is 1.18. The van der Waals surface area contributed by atoms with Gasteiger partial charge in [0.2, 0.25) is 0 Å². The minimum absolute atomic E-state index is 0.962. The smallest absolute Gasteiger partial charge is 0.116 e. The standard InChI is InChI=1S/C14H10N2S/c1-2-5-11(6-3-1)12-9-13(16-10-15-12)14-7-4-8-17-14/h1-10H. The van der Waals surface area contributed by atoms with Crippen LogP contribution >= 0.6 is 11.3 Å². The molecule has 0 radical (unpaired) electrons. The Bertz CT molecular complexity index is 603. The van der Waals surface area contributed by atoms with Crippen molar-refractivity contribution in [1.29, 1.82) is 0 Å². The molecule has 82 valence electrons. The summed E-state index contributed by atoms with van der Waals surface area (Å²) in [6.07, 6.45) is 1.62. The van der Waals surface area contributed by atoms with E-state index in [0.29, 0.717) is 0 Å². The van der Waals surface area contributed by atoms with Gasteiger partial charge in [0.25, 0.3) is 0 Å². The van der Waals surface area contributed by atoms with Gasteiger partial charge in [0.05, 0.1) is 16.3 Å². The van der Waals surface area contributed by atoms with Crippen LogP contribution in [-0.4, -0.2) is 9.97 Å². The van der Waals surface area contributed by atoms with Crippen LogP contribution in [0.3, 0.4) is 0 Å². The molecular formula is C14H10N2S. The summed E-state index contributed by atoms with van der Waals surface area (Å²) in [5.41, 5.74) is 3.06. The van der Waals surface area contributed by atoms with Crippen molar-refractivity contribution in [3.8, 4) is 21.8 Å². The first-order valence-corrected chi connectivity index (χ1v) is 6.23. The first kappa shape index (κ1) is 10.2. The number of aromatic nitrogens is 2. The average molecular weight is 238 g/mol. The zero-order valence-corrected chi connectivity index (χ0v) is 9.89. The van der Waals surface area contributed by atoms with Crippen molar-refractivity contribution in [1.82, 2.24) is 9.97 Å². The van der Waals surface area contributed by atoms with Gasteiger partial charge in [0, 0.05) is 5.56 Å². The summed E-state index contributed by atoms with van der Waals surface area (Å²) >= 11 is 1.69. The van der Waals surface area contributed by atoms with E-state index in [9.17, 15) is 0 Å². The first-order chi connectivity index (χ1) is 8.43. The molecule has 3 rings (SSSR count). The van der Waals surface area contributed by atoms with Crippen molar-refractivity contribution < 1.29 is 0 Å². The van der Waals surface area contributed by atoms with E-state index in [1.165, 1.54) is 4.88 Å². The van der Waals surface area contributed by atoms with Crippen LogP contribution in [0.25, 0.3) is 21.8 Å². The van der Waals surface area contributed by atoms with Crippen LogP contribution in [0.2, 0.25) is 0 Å². The van der Waals surface area contributed by atoms with Crippen LogP contribution in [0.5, 0.6) is 0 Å². The highest BCUT2D eigenvalue weighted by Crippen LogP contribution is 2.25. The number of nitrogens with zero attached hydrogens (tertiary/aromatic N) is 2. The van der Waals surface area contributed by atoms with Crippen molar-refractivity contribution >= 4 is 11.3 Å². The lowest BCUT2D eigenvalue weighted by Gasteiger charge is -2.02. The highest BCUT2D eigenvalue weighted by Gasteiger charge is 2.03. The minimum atomic E-state index is 0.962. The number of thiophene rings is 1. The highest BCUT2D eigenvalue weighted by molar-refractivity contribution is 7.13. The van der Waals surface area contributed by atoms with E-state index in [4.69, 9.17) is 0 Å². The summed E-state index contributed by atoms with van der Waals surface area (Å²) in [6, 6.07) is 16.3. The topological polar surface area (TPSA) is 25.8 Å². The fraction of sp³-hybridized carbons (Fsp3) is 0. The van der Waals surface area contributed by atoms with E-state index in [2.05, 4.69) is 33.5 Å². The minimum Gasteiger partial charge on any atom is -0.236 e. The molecule has 0 saturated carbocycles. The Kier molecular flexibility index (Phi) is 2.68. The molecule has 0 aliphatic heterocycles. The molecular weight excluding hydrogens is 228 g/mol. The lowest BCUT2D eigenvalue weighted by Crippen LogP contribution is -1.87. The number of rotatable bonds is 2. The van der Waals surface area contributed by atoms with Gasteiger partial charge in [-0.1, -0.05) is 36.4 Å². The third-order valence-electron chi connectivity index (χ3n) is 2.51. The quantitative estimate of drug-likeness (QED) is 0.677. The predicted octanol–water partition coefficient (Wildman–Crippen LogP) is 3.87. The molecule has 2 nitrogen and oxygen atoms in total. The van der Waals surface area contributed by atoms with E-state index in [1.54, 1.807) is 17.7 Å². The van der Waals surface area contributed by atoms with Crippen molar-refractivity contribution in [2.24, 2.45) is 0 Å². The molecule has 0 spiro atoms. The predicted molar refractivity (Wildman–Crippen MR) is 70.8 cm³/mol. The Morgan fingerprint density at radius 3 is 2.41 bits per heavy atom. The summed E-state index contributed by atoms with van der Waals surface area (Å²) in [6.45, 7) is 0. The molecule has 0 fully saturated rings. The van der Waals surface area contributed by atoms with Gasteiger partial charge in [-0.2, -0.15) is 0 Å². The molecule has 2 aromatic heterocycles. The maximum Gasteiger partial charge on any atom is 0.116 e. The van der Waals surface area contributed by atoms with E-state index < -0.39 is 0 Å². The molecule has 2 heterocycles. The van der Waals surface area contributed by atoms with E-state index in [0.717, 1.165) is 17.0 Å². The largest absolute Gasteiger partial charge is 0.236 e. The van der Waals surface area contributed by atoms with Gasteiger partial charge >= 0.3 is 0 Å². The maximum atomic E-state index is 4.31. The first-order valence-electron chi connectivity index (χ1n) is 5.35. The monoisotopic (exact) mass is 238 g/mol. The third kappa shape index (κ3) is 2.10. The normalized spacial score (nSPS) is 10.4. The van der Waals surface area contributed by atoms with Crippen LogP contribution in [-0.2, 0) is 0 Å². The Hall–Kier alpha value is -2.00. The maximum absolute atomic E-state index is 4.31. The molecule has 0 aliphatic rings. The SMILES string of the molecule is c1ccc(-c2cc(-c3cccs3)ncn2)cc1. The van der Waals surface area contributed by atoms with Gasteiger partial charge in [-0.05, 0) is 17.5 Å². The van der Waals surface area contributed by atoms with E-state index >= 15 is 0 Å². The average Bonchev–Trinajstić information content (AvgIpc) is 2.94. The van der Waals surface area contributed by atoms with E-state index in [1.807, 2.05) is 30.3 Å². The van der Waals surface area contributed by atoms with Crippen LogP contribution in [0.4, 0.5) is 0 Å². The van der Waals surface area contributed by atoms with Crippen LogP contribution in [0.1, 0.15) is 0 Å². The second-order valence-electron chi connectivity index (χ2n) is 3.63. The molecule has 0 saturated heterocycles. The Labute approximate surface area is 104 Å². The zero-order valence-electron chi connectivity index (χ0n) is 9.08. The molecule has 3 aromatic rings. The highest BCUT2D eigenvalue weighted by atomic mass is 32.1. The Morgan fingerprint density at radius 2 is 1.65 bits per heavy atom. The number of benzene rings is 1. The van der Waals surface area contributed by atoms with Crippen molar-refractivity contribution in [2.45, 2.75) is 0 Å². The molecule has 0 atom stereocenters. The van der Waals surface area contributed by atoms with Gasteiger partial charge in [0.1, 0.15) is 6.33 Å². The molecule has 17 heavy (non-hydrogen) atoms. The Morgan fingerprint density at radius 1 is 0.824 bits per heavy atom. The summed E-state index contributed by atoms with van der Waals surface area (Å²) in [5.74, 6) is 0. The molecule has 0 unspecified atom stereocenters. The molecule has 0 amide bonds. The lowest BCUT2D eigenvalue weighted by atomic mass is 10.1. The summed E-state index contributed by atoms with van der Waals surface area (Å²) in [7, 11) is 0. The van der Waals surface area contributed by atoms with Crippen LogP contribution in [0, 0.1) is 0 Å². The number of hydrogen-bond acceptors (Lipinski definition) is 3. The number of hydrogen-bond donors (Lipinski definition) is 0. The Balaban J connectivity index is 2.06. The van der Waals surface area contributed by atoms with Gasteiger partial charge in [-0.15, -0.1) is 11.3 Å². The fourth-order valence-corrected chi connectivity index (χ4v) is 2.38. The molecule has 1 aromatic carbocycles. The van der Waals surface area contributed by atoms with Gasteiger partial charge in [0.15, 0.2) is 0 Å². The molecule has 3 heteroatoms. The van der Waals surface area contributed by atoms with Crippen LogP contribution in [0.15, 0.2) is 60.2 Å². The summed E-state index contributed by atoms with van der Waals surface area (Å²) in [5, 5.41) is 2.06. The molecule has 0 aliphatic carbocycles. The second-order valence-corrected chi connectivity index (χ2v) is 4.58. The summed E-state index contributed by atoms with van der Waals surface area (Å²) < 4.78 is 0. The van der Waals surface area contributed by atoms with Crippen molar-refractivity contribution in [2.75, 3.05) is 0 Å². The van der Waals surface area contributed by atoms with E-state index in [-0.39, 0.29) is 0 Å². The molecule has 0 bridgehead atoms. The zero-order chi connectivity index (χ0) is 11.5. The van der Waals surface area contributed by atoms with Gasteiger partial charge < -0.3 is 0 Å². The van der Waals surface area contributed by atoms with Gasteiger partial charge in [-0.25, -0.2) is 9.97 Å². The summed E-state index contributed by atoms with van der Waals surface area (Å²) in [4.78, 5) is 9.79. The molecule has 0 N–H and O–H groups in total. The second kappa shape index (κ2) is 4.47. The van der Waals surface area contributed by atoms with Gasteiger partial charge in [-0.3, -0.25) is 0 Å². The van der Waals surface area contributed by atoms with Crippen molar-refractivity contribution in [3.05, 3.63) is 60.2 Å². The van der Waals surface area contributed by atoms with Crippen molar-refractivity contribution in [3.63, 3.8) is 0 Å². The van der Waals surface area contributed by atoms with Crippen LogP contribution < -0.4 is 0 Å².